The van der Waals surface area contributed by atoms with Crippen LogP contribution in [-0.2, 0) is 17.8 Å². The molecule has 2 aliphatic rings. The second kappa shape index (κ2) is 7.52. The van der Waals surface area contributed by atoms with Crippen molar-refractivity contribution < 1.29 is 23.0 Å². The average molecular weight is 374 g/mol. The molecule has 0 fully saturated rings. The van der Waals surface area contributed by atoms with Crippen molar-refractivity contribution >= 4 is 11.6 Å². The molecule has 142 valence electrons. The molecule has 2 aliphatic heterocycles. The number of amides is 1. The van der Waals surface area contributed by atoms with Crippen molar-refractivity contribution in [3.05, 3.63) is 53.1 Å². The fraction of sp³-hybridized carbons (Fsp3) is 0.350. The van der Waals surface area contributed by atoms with E-state index in [4.69, 9.17) is 9.47 Å². The molecule has 0 saturated heterocycles. The standard InChI is InChI=1S/C20H20F2N2O3/c21-16-3-2-15(10-17(16)22)23-20(25)12-24-5-4-13-8-18-19(9-14(13)11-24)27-7-1-6-26-18/h2-3,8-10H,1,4-7,11-12H2,(H,23,25). The number of carbonyl (C=O) groups excluding carboxylic acids is 1. The van der Waals surface area contributed by atoms with E-state index in [0.29, 0.717) is 19.8 Å². The third-order valence-electron chi connectivity index (χ3n) is 4.73. The minimum absolute atomic E-state index is 0.173. The largest absolute Gasteiger partial charge is 0.490 e. The van der Waals surface area contributed by atoms with Crippen LogP contribution in [0.3, 0.4) is 0 Å². The second-order valence-electron chi connectivity index (χ2n) is 6.76. The SMILES string of the molecule is O=C(CN1CCc2cc3c(cc2C1)OCCCO3)Nc1ccc(F)c(F)c1. The number of ether oxygens (including phenoxy) is 2. The third-order valence-corrected chi connectivity index (χ3v) is 4.73. The highest BCUT2D eigenvalue weighted by molar-refractivity contribution is 5.92. The Morgan fingerprint density at radius 1 is 1.04 bits per heavy atom. The van der Waals surface area contributed by atoms with Gasteiger partial charge >= 0.3 is 0 Å². The lowest BCUT2D eigenvalue weighted by Gasteiger charge is -2.29. The van der Waals surface area contributed by atoms with Gasteiger partial charge in [-0.3, -0.25) is 9.69 Å². The van der Waals surface area contributed by atoms with Crippen LogP contribution in [0.5, 0.6) is 11.5 Å². The summed E-state index contributed by atoms with van der Waals surface area (Å²) in [6, 6.07) is 7.35. The molecule has 2 aromatic carbocycles. The zero-order chi connectivity index (χ0) is 18.8. The number of rotatable bonds is 3. The van der Waals surface area contributed by atoms with Crippen LogP contribution in [-0.4, -0.2) is 37.1 Å². The first kappa shape index (κ1) is 17.7. The molecule has 2 heterocycles. The van der Waals surface area contributed by atoms with Crippen molar-refractivity contribution in [2.45, 2.75) is 19.4 Å². The number of benzene rings is 2. The minimum atomic E-state index is -0.984. The summed E-state index contributed by atoms with van der Waals surface area (Å²) < 4.78 is 37.7. The number of nitrogens with one attached hydrogen (secondary N) is 1. The Bertz CT molecular complexity index is 873. The Kier molecular flexibility index (Phi) is 4.94. The minimum Gasteiger partial charge on any atom is -0.490 e. The molecule has 27 heavy (non-hydrogen) atoms. The van der Waals surface area contributed by atoms with Crippen LogP contribution in [0.25, 0.3) is 0 Å². The van der Waals surface area contributed by atoms with E-state index in [1.54, 1.807) is 0 Å². The van der Waals surface area contributed by atoms with Crippen molar-refractivity contribution in [3.8, 4) is 11.5 Å². The molecule has 0 aromatic heterocycles. The van der Waals surface area contributed by atoms with Crippen LogP contribution in [0.1, 0.15) is 17.5 Å². The zero-order valence-corrected chi connectivity index (χ0v) is 14.8. The van der Waals surface area contributed by atoms with Gasteiger partial charge in [0, 0.05) is 31.3 Å². The van der Waals surface area contributed by atoms with Crippen LogP contribution >= 0.6 is 0 Å². The maximum atomic E-state index is 13.3. The first-order valence-electron chi connectivity index (χ1n) is 8.97. The Balaban J connectivity index is 1.41. The van der Waals surface area contributed by atoms with E-state index in [9.17, 15) is 13.6 Å². The molecular formula is C20H20F2N2O3. The number of hydrogen-bond acceptors (Lipinski definition) is 4. The first-order valence-corrected chi connectivity index (χ1v) is 8.97. The fourth-order valence-electron chi connectivity index (χ4n) is 3.38. The van der Waals surface area contributed by atoms with Gasteiger partial charge in [-0.1, -0.05) is 0 Å². The quantitative estimate of drug-likeness (QED) is 0.897. The van der Waals surface area contributed by atoms with E-state index in [-0.39, 0.29) is 18.1 Å². The van der Waals surface area contributed by atoms with Gasteiger partial charge < -0.3 is 14.8 Å². The molecule has 0 saturated carbocycles. The van der Waals surface area contributed by atoms with Crippen molar-refractivity contribution in [3.63, 3.8) is 0 Å². The molecule has 1 amide bonds. The normalized spacial score (nSPS) is 16.4. The third kappa shape index (κ3) is 4.03. The number of carbonyl (C=O) groups is 1. The summed E-state index contributed by atoms with van der Waals surface area (Å²) >= 11 is 0. The summed E-state index contributed by atoms with van der Waals surface area (Å²) in [6.45, 7) is 2.82. The number of anilines is 1. The summed E-state index contributed by atoms with van der Waals surface area (Å²) in [5.41, 5.74) is 2.56. The fourth-order valence-corrected chi connectivity index (χ4v) is 3.38. The lowest BCUT2D eigenvalue weighted by molar-refractivity contribution is -0.117. The molecule has 0 aliphatic carbocycles. The van der Waals surface area contributed by atoms with Gasteiger partial charge in [-0.05, 0) is 41.8 Å². The van der Waals surface area contributed by atoms with Gasteiger partial charge in [-0.2, -0.15) is 0 Å². The average Bonchev–Trinajstić information content (AvgIpc) is 2.87. The van der Waals surface area contributed by atoms with E-state index in [1.807, 2.05) is 17.0 Å². The van der Waals surface area contributed by atoms with Crippen molar-refractivity contribution in [1.29, 1.82) is 0 Å². The monoisotopic (exact) mass is 374 g/mol. The number of nitrogens with zero attached hydrogens (tertiary/aromatic N) is 1. The lowest BCUT2D eigenvalue weighted by Crippen LogP contribution is -2.37. The van der Waals surface area contributed by atoms with Crippen LogP contribution in [0.15, 0.2) is 30.3 Å². The van der Waals surface area contributed by atoms with E-state index in [2.05, 4.69) is 5.32 Å². The Hall–Kier alpha value is -2.67. The molecule has 0 bridgehead atoms. The summed E-state index contributed by atoms with van der Waals surface area (Å²) in [5.74, 6) is -0.650. The Labute approximate surface area is 155 Å². The number of fused-ring (bicyclic) bond motifs is 2. The van der Waals surface area contributed by atoms with Crippen molar-refractivity contribution in [2.75, 3.05) is 31.6 Å². The topological polar surface area (TPSA) is 50.8 Å². The van der Waals surface area contributed by atoms with Crippen molar-refractivity contribution in [1.82, 2.24) is 4.90 Å². The highest BCUT2D eigenvalue weighted by atomic mass is 19.2. The Morgan fingerprint density at radius 3 is 2.52 bits per heavy atom. The first-order chi connectivity index (χ1) is 13.1. The molecule has 0 atom stereocenters. The zero-order valence-electron chi connectivity index (χ0n) is 14.8. The lowest BCUT2D eigenvalue weighted by atomic mass is 9.99. The molecule has 2 aromatic rings. The molecule has 7 heteroatoms. The molecule has 0 spiro atoms. The van der Waals surface area contributed by atoms with E-state index >= 15 is 0 Å². The molecule has 1 N–H and O–H groups in total. The predicted octanol–water partition coefficient (Wildman–Crippen LogP) is 3.12. The number of hydrogen-bond donors (Lipinski definition) is 1. The summed E-state index contributed by atoms with van der Waals surface area (Å²) in [6.07, 6.45) is 1.67. The molecule has 0 unspecified atom stereocenters. The van der Waals surface area contributed by atoms with Crippen LogP contribution in [0.2, 0.25) is 0 Å². The highest BCUT2D eigenvalue weighted by Crippen LogP contribution is 2.35. The van der Waals surface area contributed by atoms with E-state index in [1.165, 1.54) is 11.6 Å². The smallest absolute Gasteiger partial charge is 0.238 e. The van der Waals surface area contributed by atoms with Gasteiger partial charge in [-0.25, -0.2) is 8.78 Å². The molecule has 0 radical (unpaired) electrons. The van der Waals surface area contributed by atoms with Gasteiger partial charge in [0.2, 0.25) is 5.91 Å². The maximum absolute atomic E-state index is 13.3. The van der Waals surface area contributed by atoms with Crippen LogP contribution in [0.4, 0.5) is 14.5 Å². The van der Waals surface area contributed by atoms with Gasteiger partial charge in [0.1, 0.15) is 0 Å². The molecular weight excluding hydrogens is 354 g/mol. The predicted molar refractivity (Wildman–Crippen MR) is 96.0 cm³/mol. The van der Waals surface area contributed by atoms with E-state index in [0.717, 1.165) is 48.6 Å². The van der Waals surface area contributed by atoms with Gasteiger partial charge in [-0.15, -0.1) is 0 Å². The van der Waals surface area contributed by atoms with Gasteiger partial charge in [0.05, 0.1) is 19.8 Å². The molecule has 5 nitrogen and oxygen atoms in total. The number of halogens is 2. The molecule has 4 rings (SSSR count). The maximum Gasteiger partial charge on any atom is 0.238 e. The second-order valence-corrected chi connectivity index (χ2v) is 6.76. The van der Waals surface area contributed by atoms with Gasteiger partial charge in [0.25, 0.3) is 0 Å². The van der Waals surface area contributed by atoms with Gasteiger partial charge in [0.15, 0.2) is 23.1 Å². The summed E-state index contributed by atoms with van der Waals surface area (Å²) in [5, 5.41) is 2.61. The highest BCUT2D eigenvalue weighted by Gasteiger charge is 2.22. The van der Waals surface area contributed by atoms with Crippen LogP contribution < -0.4 is 14.8 Å². The summed E-state index contributed by atoms with van der Waals surface area (Å²) in [7, 11) is 0. The Morgan fingerprint density at radius 2 is 1.78 bits per heavy atom. The van der Waals surface area contributed by atoms with Crippen molar-refractivity contribution in [2.24, 2.45) is 0 Å². The van der Waals surface area contributed by atoms with E-state index < -0.39 is 11.6 Å². The summed E-state index contributed by atoms with van der Waals surface area (Å²) in [4.78, 5) is 14.3. The van der Waals surface area contributed by atoms with Crippen LogP contribution in [0, 0.1) is 11.6 Å².